The van der Waals surface area contributed by atoms with Crippen LogP contribution < -0.4 is 15.4 Å². The van der Waals surface area contributed by atoms with Crippen LogP contribution in [0, 0.1) is 0 Å². The highest BCUT2D eigenvalue weighted by molar-refractivity contribution is 6.08. The van der Waals surface area contributed by atoms with Crippen LogP contribution in [0.3, 0.4) is 0 Å². The molecule has 3 aliphatic rings. The van der Waals surface area contributed by atoms with Crippen molar-refractivity contribution in [1.82, 2.24) is 30.3 Å². The zero-order valence-electron chi connectivity index (χ0n) is 20.0. The molecule has 0 spiro atoms. The highest BCUT2D eigenvalue weighted by Gasteiger charge is 2.50. The fourth-order valence-electron chi connectivity index (χ4n) is 5.04. The molecule has 2 N–H and O–H groups in total. The first-order chi connectivity index (χ1) is 16.9. The number of aromatic nitrogens is 1. The summed E-state index contributed by atoms with van der Waals surface area (Å²) in [5.74, 6) is -0.103. The van der Waals surface area contributed by atoms with Gasteiger partial charge in [0.2, 0.25) is 0 Å². The first-order valence-electron chi connectivity index (χ1n) is 11.9. The highest BCUT2D eigenvalue weighted by Crippen LogP contribution is 2.32. The second-order valence-corrected chi connectivity index (χ2v) is 9.25. The number of nitrogens with one attached hydrogen (secondary N) is 2. The molecule has 2 saturated heterocycles. The summed E-state index contributed by atoms with van der Waals surface area (Å²) in [4.78, 5) is 49.3. The van der Waals surface area contributed by atoms with Crippen LogP contribution in [-0.2, 0) is 23.4 Å². The van der Waals surface area contributed by atoms with Crippen LogP contribution in [-0.4, -0.2) is 83.9 Å². The normalized spacial score (nSPS) is 22.8. The number of urea groups is 1. The number of hydrogen-bond acceptors (Lipinski definition) is 7. The van der Waals surface area contributed by atoms with Crippen molar-refractivity contribution in [2.75, 3.05) is 46.4 Å². The lowest BCUT2D eigenvalue weighted by Gasteiger charge is -2.34. The number of ether oxygens (including phenoxy) is 1. The molecule has 1 aromatic heterocycles. The van der Waals surface area contributed by atoms with Crippen molar-refractivity contribution in [2.45, 2.75) is 25.6 Å². The highest BCUT2D eigenvalue weighted by atomic mass is 16.5. The van der Waals surface area contributed by atoms with Crippen LogP contribution >= 0.6 is 0 Å². The van der Waals surface area contributed by atoms with E-state index < -0.39 is 17.5 Å². The van der Waals surface area contributed by atoms with Crippen molar-refractivity contribution in [3.63, 3.8) is 0 Å². The van der Waals surface area contributed by atoms with Gasteiger partial charge >= 0.3 is 6.03 Å². The molecule has 1 atom stereocenters. The van der Waals surface area contributed by atoms with Crippen molar-refractivity contribution < 1.29 is 19.1 Å². The molecule has 1 aromatic carbocycles. The molecule has 0 aliphatic carbocycles. The Hall–Kier alpha value is -3.50. The fourth-order valence-corrected chi connectivity index (χ4v) is 5.04. The third kappa shape index (κ3) is 4.35. The number of carbonyl (C=O) groups excluding carboxylic acids is 3. The lowest BCUT2D eigenvalue weighted by molar-refractivity contribution is -0.124. The molecule has 5 rings (SSSR count). The number of likely N-dealkylation sites (N-methyl/N-ethyl adjacent to an activating group) is 1. The van der Waals surface area contributed by atoms with Crippen LogP contribution in [0.2, 0.25) is 0 Å². The maximum absolute atomic E-state index is 13.1. The maximum Gasteiger partial charge on any atom is 0.322 e. The number of rotatable bonds is 7. The molecule has 0 saturated carbocycles. The summed E-state index contributed by atoms with van der Waals surface area (Å²) in [6.07, 6.45) is 1.64. The van der Waals surface area contributed by atoms with Gasteiger partial charge in [-0.15, -0.1) is 0 Å². The molecule has 10 heteroatoms. The SMILES string of the molecule is CCN1CCN(Cc2ccc([C@]3(CN4Cc5ccc(OC)cc5C4=O)NC(=O)NC3=O)cn2)CC1. The van der Waals surface area contributed by atoms with Gasteiger partial charge in [-0.25, -0.2) is 4.79 Å². The summed E-state index contributed by atoms with van der Waals surface area (Å²) >= 11 is 0. The second kappa shape index (κ2) is 9.27. The molecule has 4 amide bonds. The second-order valence-electron chi connectivity index (χ2n) is 9.25. The van der Waals surface area contributed by atoms with Crippen molar-refractivity contribution in [2.24, 2.45) is 0 Å². The minimum atomic E-state index is -1.41. The molecule has 3 aliphatic heterocycles. The Morgan fingerprint density at radius 3 is 2.46 bits per heavy atom. The van der Waals surface area contributed by atoms with Crippen molar-refractivity contribution in [3.8, 4) is 5.75 Å². The van der Waals surface area contributed by atoms with Gasteiger partial charge in [0, 0.05) is 56.6 Å². The van der Waals surface area contributed by atoms with E-state index in [4.69, 9.17) is 4.74 Å². The topological polar surface area (TPSA) is 107 Å². The van der Waals surface area contributed by atoms with Crippen LogP contribution in [0.25, 0.3) is 0 Å². The molecule has 0 radical (unpaired) electrons. The third-order valence-corrected chi connectivity index (χ3v) is 7.18. The summed E-state index contributed by atoms with van der Waals surface area (Å²) in [5, 5.41) is 5.10. The van der Waals surface area contributed by atoms with Gasteiger partial charge in [0.05, 0.1) is 19.3 Å². The number of piperazine rings is 1. The van der Waals surface area contributed by atoms with Gasteiger partial charge in [0.1, 0.15) is 5.75 Å². The van der Waals surface area contributed by atoms with Gasteiger partial charge < -0.3 is 19.9 Å². The zero-order valence-corrected chi connectivity index (χ0v) is 20.0. The quantitative estimate of drug-likeness (QED) is 0.570. The largest absolute Gasteiger partial charge is 0.497 e. The van der Waals surface area contributed by atoms with Crippen LogP contribution in [0.5, 0.6) is 5.75 Å². The van der Waals surface area contributed by atoms with Crippen molar-refractivity contribution in [1.29, 1.82) is 0 Å². The molecule has 4 heterocycles. The van der Waals surface area contributed by atoms with E-state index in [1.807, 2.05) is 18.2 Å². The van der Waals surface area contributed by atoms with Gasteiger partial charge in [0.25, 0.3) is 11.8 Å². The van der Waals surface area contributed by atoms with Gasteiger partial charge in [-0.1, -0.05) is 19.1 Å². The number of pyridine rings is 1. The molecular formula is C25H30N6O4. The number of carbonyl (C=O) groups is 3. The summed E-state index contributed by atoms with van der Waals surface area (Å²) in [6, 6.07) is 8.50. The third-order valence-electron chi connectivity index (χ3n) is 7.18. The van der Waals surface area contributed by atoms with Gasteiger partial charge in [-0.2, -0.15) is 0 Å². The van der Waals surface area contributed by atoms with E-state index in [9.17, 15) is 14.4 Å². The Kier molecular flexibility index (Phi) is 6.16. The number of hydrogen-bond donors (Lipinski definition) is 2. The Morgan fingerprint density at radius 1 is 1.06 bits per heavy atom. The van der Waals surface area contributed by atoms with Crippen LogP contribution in [0.1, 0.15) is 34.1 Å². The number of methoxy groups -OCH3 is 1. The Balaban J connectivity index is 1.35. The molecule has 0 bridgehead atoms. The van der Waals surface area contributed by atoms with E-state index in [0.717, 1.165) is 50.5 Å². The Labute approximate surface area is 204 Å². The summed E-state index contributed by atoms with van der Waals surface area (Å²) in [6.45, 7) is 8.38. The minimum Gasteiger partial charge on any atom is -0.497 e. The average molecular weight is 479 g/mol. The summed E-state index contributed by atoms with van der Waals surface area (Å²) in [5.41, 5.74) is 1.43. The zero-order chi connectivity index (χ0) is 24.6. The van der Waals surface area contributed by atoms with Gasteiger partial charge in [-0.05, 0) is 30.3 Å². The first-order valence-corrected chi connectivity index (χ1v) is 11.9. The number of amides is 4. The van der Waals surface area contributed by atoms with Gasteiger partial charge in [-0.3, -0.25) is 24.8 Å². The number of fused-ring (bicyclic) bond motifs is 1. The van der Waals surface area contributed by atoms with E-state index in [1.165, 1.54) is 0 Å². The molecule has 0 unspecified atom stereocenters. The fraction of sp³-hybridized carbons (Fsp3) is 0.440. The maximum atomic E-state index is 13.1. The Morgan fingerprint density at radius 2 is 1.83 bits per heavy atom. The smallest absolute Gasteiger partial charge is 0.322 e. The average Bonchev–Trinajstić information content (AvgIpc) is 3.34. The predicted molar refractivity (Wildman–Crippen MR) is 128 cm³/mol. The van der Waals surface area contributed by atoms with Crippen LogP contribution in [0.4, 0.5) is 4.79 Å². The molecule has 2 fully saturated rings. The van der Waals surface area contributed by atoms with E-state index in [0.29, 0.717) is 23.4 Å². The molecule has 2 aromatic rings. The number of benzene rings is 1. The summed E-state index contributed by atoms with van der Waals surface area (Å²) < 4.78 is 5.25. The van der Waals surface area contributed by atoms with E-state index in [-0.39, 0.29) is 12.5 Å². The van der Waals surface area contributed by atoms with E-state index in [2.05, 4.69) is 32.3 Å². The molecule has 184 valence electrons. The summed E-state index contributed by atoms with van der Waals surface area (Å²) in [7, 11) is 1.55. The molecule has 35 heavy (non-hydrogen) atoms. The van der Waals surface area contributed by atoms with Crippen molar-refractivity contribution in [3.05, 3.63) is 58.9 Å². The lowest BCUT2D eigenvalue weighted by Crippen LogP contribution is -2.52. The standard InChI is InChI=1S/C25H30N6O4/c1-3-29-8-10-30(11-9-29)15-19-6-5-18(13-26-19)25(23(33)27-24(34)28-25)16-31-14-17-4-7-20(35-2)12-21(17)22(31)32/h4-7,12-13H,3,8-11,14-16H2,1-2H3,(H2,27,28,33,34)/t25-/m0/s1. The first kappa shape index (κ1) is 23.3. The molecular weight excluding hydrogens is 448 g/mol. The number of nitrogens with zero attached hydrogens (tertiary/aromatic N) is 4. The van der Waals surface area contributed by atoms with Crippen molar-refractivity contribution >= 4 is 17.8 Å². The minimum absolute atomic E-state index is 0.000403. The Bertz CT molecular complexity index is 1150. The van der Waals surface area contributed by atoms with Gasteiger partial charge in [0.15, 0.2) is 5.54 Å². The number of imide groups is 1. The van der Waals surface area contributed by atoms with E-state index in [1.54, 1.807) is 30.3 Å². The molecule has 10 nitrogen and oxygen atoms in total. The van der Waals surface area contributed by atoms with Crippen LogP contribution in [0.15, 0.2) is 36.5 Å². The van der Waals surface area contributed by atoms with E-state index >= 15 is 0 Å². The lowest BCUT2D eigenvalue weighted by atomic mass is 9.90. The monoisotopic (exact) mass is 478 g/mol. The predicted octanol–water partition coefficient (Wildman–Crippen LogP) is 0.918.